The molecule has 3 aromatic rings. The van der Waals surface area contributed by atoms with Crippen LogP contribution in [0.15, 0.2) is 24.5 Å². The number of hydrogen-bond acceptors (Lipinski definition) is 6. The molecule has 0 radical (unpaired) electrons. The Morgan fingerprint density at radius 3 is 2.79 bits per heavy atom. The third-order valence-electron chi connectivity index (χ3n) is 6.11. The topological polar surface area (TPSA) is 70.9 Å². The van der Waals surface area contributed by atoms with Crippen molar-refractivity contribution in [2.45, 2.75) is 64.0 Å². The highest BCUT2D eigenvalue weighted by molar-refractivity contribution is 7.19. The van der Waals surface area contributed by atoms with Gasteiger partial charge in [-0.15, -0.1) is 11.3 Å². The van der Waals surface area contributed by atoms with Crippen molar-refractivity contribution >= 4 is 27.4 Å². The van der Waals surface area contributed by atoms with Crippen LogP contribution in [0.2, 0.25) is 0 Å². The van der Waals surface area contributed by atoms with E-state index in [1.807, 2.05) is 29.7 Å². The first-order valence-corrected chi connectivity index (χ1v) is 11.2. The second-order valence-corrected chi connectivity index (χ2v) is 9.40. The molecule has 28 heavy (non-hydrogen) atoms. The Balaban J connectivity index is 1.60. The summed E-state index contributed by atoms with van der Waals surface area (Å²) in [4.78, 5) is 16.7. The van der Waals surface area contributed by atoms with Gasteiger partial charge in [-0.3, -0.25) is 4.98 Å². The SMILES string of the molecule is C[C@@H]1CCc2c(sc3nc(-c4cccnc4)nc(NC4CCC(O)CC4)c23)C1. The van der Waals surface area contributed by atoms with Crippen molar-refractivity contribution in [2.24, 2.45) is 5.92 Å². The maximum absolute atomic E-state index is 9.85. The lowest BCUT2D eigenvalue weighted by atomic mass is 9.89. The zero-order chi connectivity index (χ0) is 19.1. The molecule has 0 spiro atoms. The largest absolute Gasteiger partial charge is 0.393 e. The standard InChI is InChI=1S/C22H26N4OS/c1-13-4-9-17-18(11-13)28-22-19(17)21(24-15-5-7-16(27)8-6-15)25-20(26-22)14-3-2-10-23-12-14/h2-3,10,12-13,15-16,27H,4-9,11H2,1H3,(H,24,25,26)/t13-,15?,16?/m1/s1. The maximum atomic E-state index is 9.85. The Morgan fingerprint density at radius 1 is 1.14 bits per heavy atom. The Kier molecular flexibility index (Phi) is 4.77. The highest BCUT2D eigenvalue weighted by atomic mass is 32.1. The minimum atomic E-state index is -0.148. The zero-order valence-corrected chi connectivity index (χ0v) is 17.0. The van der Waals surface area contributed by atoms with Crippen molar-refractivity contribution in [3.63, 3.8) is 0 Å². The van der Waals surface area contributed by atoms with Crippen molar-refractivity contribution in [3.05, 3.63) is 35.0 Å². The Labute approximate surface area is 169 Å². The van der Waals surface area contributed by atoms with Gasteiger partial charge in [0.1, 0.15) is 10.6 Å². The number of nitrogens with one attached hydrogen (secondary N) is 1. The average molecular weight is 395 g/mol. The Morgan fingerprint density at radius 2 is 2.00 bits per heavy atom. The van der Waals surface area contributed by atoms with Crippen molar-refractivity contribution in [1.29, 1.82) is 0 Å². The molecule has 2 N–H and O–H groups in total. The number of thiophene rings is 1. The third kappa shape index (κ3) is 3.40. The van der Waals surface area contributed by atoms with Crippen LogP contribution in [0, 0.1) is 5.92 Å². The van der Waals surface area contributed by atoms with Gasteiger partial charge in [-0.25, -0.2) is 9.97 Å². The predicted molar refractivity (Wildman–Crippen MR) is 114 cm³/mol. The van der Waals surface area contributed by atoms with E-state index in [4.69, 9.17) is 9.97 Å². The molecule has 6 heteroatoms. The highest BCUT2D eigenvalue weighted by Crippen LogP contribution is 2.41. The van der Waals surface area contributed by atoms with Crippen LogP contribution < -0.4 is 5.32 Å². The summed E-state index contributed by atoms with van der Waals surface area (Å²) < 4.78 is 0. The van der Waals surface area contributed by atoms with Crippen LogP contribution in [0.5, 0.6) is 0 Å². The molecule has 2 aliphatic carbocycles. The van der Waals surface area contributed by atoms with Gasteiger partial charge in [-0.1, -0.05) is 6.92 Å². The molecular formula is C22H26N4OS. The molecule has 1 fully saturated rings. The molecule has 146 valence electrons. The number of pyridine rings is 1. The minimum Gasteiger partial charge on any atom is -0.393 e. The van der Waals surface area contributed by atoms with E-state index in [2.05, 4.69) is 17.2 Å². The summed E-state index contributed by atoms with van der Waals surface area (Å²) in [7, 11) is 0. The molecule has 5 rings (SSSR count). The van der Waals surface area contributed by atoms with Gasteiger partial charge in [-0.2, -0.15) is 0 Å². The number of rotatable bonds is 3. The quantitative estimate of drug-likeness (QED) is 0.680. The molecule has 0 aliphatic heterocycles. The van der Waals surface area contributed by atoms with Gasteiger partial charge in [0.25, 0.3) is 0 Å². The Bertz CT molecular complexity index is 979. The maximum Gasteiger partial charge on any atom is 0.164 e. The second kappa shape index (κ2) is 7.41. The molecule has 0 bridgehead atoms. The van der Waals surface area contributed by atoms with Crippen molar-refractivity contribution in [2.75, 3.05) is 5.32 Å². The predicted octanol–water partition coefficient (Wildman–Crippen LogP) is 4.59. The van der Waals surface area contributed by atoms with E-state index >= 15 is 0 Å². The lowest BCUT2D eigenvalue weighted by Gasteiger charge is -2.27. The smallest absolute Gasteiger partial charge is 0.164 e. The van der Waals surface area contributed by atoms with Crippen LogP contribution in [-0.2, 0) is 12.8 Å². The van der Waals surface area contributed by atoms with Crippen molar-refractivity contribution in [3.8, 4) is 11.4 Å². The van der Waals surface area contributed by atoms with Gasteiger partial charge >= 0.3 is 0 Å². The number of anilines is 1. The summed E-state index contributed by atoms with van der Waals surface area (Å²) in [6.45, 7) is 2.34. The molecule has 1 saturated carbocycles. The van der Waals surface area contributed by atoms with Crippen LogP contribution >= 0.6 is 11.3 Å². The molecule has 0 aromatic carbocycles. The molecule has 0 unspecified atom stereocenters. The number of fused-ring (bicyclic) bond motifs is 3. The van der Waals surface area contributed by atoms with E-state index in [-0.39, 0.29) is 6.10 Å². The Hall–Kier alpha value is -2.05. The van der Waals surface area contributed by atoms with Crippen molar-refractivity contribution < 1.29 is 5.11 Å². The first kappa shape index (κ1) is 18.0. The summed E-state index contributed by atoms with van der Waals surface area (Å²) >= 11 is 1.84. The number of aliphatic hydroxyl groups is 1. The number of aliphatic hydroxyl groups excluding tert-OH is 1. The number of nitrogens with zero attached hydrogens (tertiary/aromatic N) is 3. The van der Waals surface area contributed by atoms with Gasteiger partial charge in [0, 0.05) is 28.9 Å². The van der Waals surface area contributed by atoms with Crippen LogP contribution in [0.4, 0.5) is 5.82 Å². The fourth-order valence-electron chi connectivity index (χ4n) is 4.48. The van der Waals surface area contributed by atoms with E-state index in [9.17, 15) is 5.11 Å². The monoisotopic (exact) mass is 394 g/mol. The van der Waals surface area contributed by atoms with E-state index in [0.29, 0.717) is 6.04 Å². The van der Waals surface area contributed by atoms with Crippen LogP contribution in [0.3, 0.4) is 0 Å². The summed E-state index contributed by atoms with van der Waals surface area (Å²) in [6, 6.07) is 4.31. The van der Waals surface area contributed by atoms with Crippen LogP contribution in [0.25, 0.3) is 21.6 Å². The molecule has 2 aliphatic rings. The van der Waals surface area contributed by atoms with Crippen LogP contribution in [0.1, 0.15) is 49.5 Å². The molecule has 5 nitrogen and oxygen atoms in total. The zero-order valence-electron chi connectivity index (χ0n) is 16.2. The second-order valence-electron chi connectivity index (χ2n) is 8.32. The van der Waals surface area contributed by atoms with Gasteiger partial charge in [0.15, 0.2) is 5.82 Å². The van der Waals surface area contributed by atoms with Gasteiger partial charge in [-0.05, 0) is 68.6 Å². The molecule has 3 aromatic heterocycles. The van der Waals surface area contributed by atoms with Gasteiger partial charge in [0.05, 0.1) is 11.5 Å². The van der Waals surface area contributed by atoms with E-state index in [1.165, 1.54) is 22.2 Å². The summed E-state index contributed by atoms with van der Waals surface area (Å²) in [6.07, 6.45) is 10.6. The highest BCUT2D eigenvalue weighted by Gasteiger charge is 2.26. The molecule has 0 amide bonds. The molecular weight excluding hydrogens is 368 g/mol. The van der Waals surface area contributed by atoms with Crippen LogP contribution in [-0.4, -0.2) is 32.2 Å². The number of aryl methyl sites for hydroxylation is 1. The fourth-order valence-corrected chi connectivity index (χ4v) is 5.87. The molecule has 0 saturated heterocycles. The molecule has 3 heterocycles. The fraction of sp³-hybridized carbons (Fsp3) is 0.500. The number of aromatic nitrogens is 3. The summed E-state index contributed by atoms with van der Waals surface area (Å²) in [5.41, 5.74) is 2.40. The van der Waals surface area contributed by atoms with E-state index in [0.717, 1.165) is 66.5 Å². The summed E-state index contributed by atoms with van der Waals surface area (Å²) in [5, 5.41) is 14.8. The van der Waals surface area contributed by atoms with E-state index < -0.39 is 0 Å². The van der Waals surface area contributed by atoms with Crippen molar-refractivity contribution in [1.82, 2.24) is 15.0 Å². The van der Waals surface area contributed by atoms with E-state index in [1.54, 1.807) is 6.20 Å². The normalized spacial score (nSPS) is 24.9. The lowest BCUT2D eigenvalue weighted by molar-refractivity contribution is 0.126. The number of hydrogen-bond donors (Lipinski definition) is 2. The minimum absolute atomic E-state index is 0.148. The van der Waals surface area contributed by atoms with Gasteiger partial charge in [0.2, 0.25) is 0 Å². The third-order valence-corrected chi connectivity index (χ3v) is 7.26. The average Bonchev–Trinajstić information content (AvgIpc) is 3.08. The molecule has 1 atom stereocenters. The van der Waals surface area contributed by atoms with Gasteiger partial charge < -0.3 is 10.4 Å². The first-order chi connectivity index (χ1) is 13.7. The first-order valence-electron chi connectivity index (χ1n) is 10.3. The summed E-state index contributed by atoms with van der Waals surface area (Å²) in [5.74, 6) is 2.45. The lowest BCUT2D eigenvalue weighted by Crippen LogP contribution is -2.28.